The van der Waals surface area contributed by atoms with E-state index in [-0.39, 0.29) is 9.49 Å². The molecule has 0 heterocycles. The third-order valence-corrected chi connectivity index (χ3v) is 9.12. The number of benzene rings is 4. The van der Waals surface area contributed by atoms with E-state index in [1.54, 1.807) is 0 Å². The quantitative estimate of drug-likeness (QED) is 0.195. The average molecular weight is 479 g/mol. The number of unbranched alkanes of at least 4 members (excludes halogenated alkanes) is 2. The minimum atomic E-state index is -0.155. The van der Waals surface area contributed by atoms with Crippen molar-refractivity contribution in [2.75, 3.05) is 0 Å². The molecule has 4 aromatic carbocycles. The average Bonchev–Trinajstić information content (AvgIpc) is 2.95. The van der Waals surface area contributed by atoms with Gasteiger partial charge in [-0.3, -0.25) is 0 Å². The molecule has 0 aliphatic rings. The van der Waals surface area contributed by atoms with Gasteiger partial charge < -0.3 is 0 Å². The SMILES string of the molecule is CCCCC(SC(CCCC)(c1ccccc1)c1ccccc1)(c1ccccc1)c1ccccc1. The molecule has 0 spiro atoms. The van der Waals surface area contributed by atoms with Crippen LogP contribution >= 0.6 is 11.8 Å². The molecular formula is C34H38S. The summed E-state index contributed by atoms with van der Waals surface area (Å²) in [6, 6.07) is 45.0. The van der Waals surface area contributed by atoms with Crippen LogP contribution in [-0.4, -0.2) is 0 Å². The third kappa shape index (κ3) is 5.57. The Labute approximate surface area is 216 Å². The number of hydrogen-bond donors (Lipinski definition) is 0. The number of thioether (sulfide) groups is 1. The summed E-state index contributed by atoms with van der Waals surface area (Å²) in [7, 11) is 0. The van der Waals surface area contributed by atoms with Gasteiger partial charge in [0.25, 0.3) is 0 Å². The summed E-state index contributed by atoms with van der Waals surface area (Å²) in [5.74, 6) is 0. The second-order valence-corrected chi connectivity index (χ2v) is 11.0. The Morgan fingerprint density at radius 3 is 0.914 bits per heavy atom. The maximum Gasteiger partial charge on any atom is 0.0669 e. The van der Waals surface area contributed by atoms with Crippen LogP contribution in [0, 0.1) is 0 Å². The monoisotopic (exact) mass is 478 g/mol. The van der Waals surface area contributed by atoms with Gasteiger partial charge in [-0.05, 0) is 35.1 Å². The Kier molecular flexibility index (Phi) is 8.88. The molecule has 35 heavy (non-hydrogen) atoms. The lowest BCUT2D eigenvalue weighted by Crippen LogP contribution is -2.34. The van der Waals surface area contributed by atoms with E-state index < -0.39 is 0 Å². The van der Waals surface area contributed by atoms with Crippen molar-refractivity contribution in [2.24, 2.45) is 0 Å². The van der Waals surface area contributed by atoms with Crippen LogP contribution in [0.4, 0.5) is 0 Å². The zero-order chi connectivity index (χ0) is 24.4. The van der Waals surface area contributed by atoms with Crippen molar-refractivity contribution in [3.8, 4) is 0 Å². The molecule has 1 heteroatoms. The summed E-state index contributed by atoms with van der Waals surface area (Å²) >= 11 is 2.18. The van der Waals surface area contributed by atoms with Gasteiger partial charge in [0.15, 0.2) is 0 Å². The molecule has 0 unspecified atom stereocenters. The number of rotatable bonds is 12. The molecule has 180 valence electrons. The normalized spacial score (nSPS) is 11.9. The first-order valence-electron chi connectivity index (χ1n) is 13.2. The van der Waals surface area contributed by atoms with E-state index in [0.29, 0.717) is 0 Å². The van der Waals surface area contributed by atoms with Crippen molar-refractivity contribution in [1.82, 2.24) is 0 Å². The van der Waals surface area contributed by atoms with Crippen molar-refractivity contribution in [3.05, 3.63) is 144 Å². The largest absolute Gasteiger partial charge is 0.129 e. The Bertz CT molecular complexity index is 948. The highest BCUT2D eigenvalue weighted by Crippen LogP contribution is 2.59. The van der Waals surface area contributed by atoms with Gasteiger partial charge in [0.1, 0.15) is 0 Å². The molecule has 4 rings (SSSR count). The predicted octanol–water partition coefficient (Wildman–Crippen LogP) is 9.99. The first-order valence-corrected chi connectivity index (χ1v) is 14.0. The van der Waals surface area contributed by atoms with Crippen LogP contribution in [0.25, 0.3) is 0 Å². The topological polar surface area (TPSA) is 0 Å². The highest BCUT2D eigenvalue weighted by Gasteiger charge is 2.45. The zero-order valence-corrected chi connectivity index (χ0v) is 22.0. The van der Waals surface area contributed by atoms with Crippen molar-refractivity contribution >= 4 is 11.8 Å². The van der Waals surface area contributed by atoms with Gasteiger partial charge in [-0.15, -0.1) is 11.8 Å². The van der Waals surface area contributed by atoms with Crippen LogP contribution in [0.2, 0.25) is 0 Å². The van der Waals surface area contributed by atoms with Gasteiger partial charge in [0, 0.05) is 0 Å². The minimum absolute atomic E-state index is 0.155. The molecule has 0 atom stereocenters. The Morgan fingerprint density at radius 2 is 0.686 bits per heavy atom. The van der Waals surface area contributed by atoms with Crippen LogP contribution in [0.15, 0.2) is 121 Å². The Balaban J connectivity index is 2.01. The fraction of sp³-hybridized carbons (Fsp3) is 0.294. The summed E-state index contributed by atoms with van der Waals surface area (Å²) in [4.78, 5) is 0. The molecule has 0 saturated heterocycles. The van der Waals surface area contributed by atoms with Crippen molar-refractivity contribution in [2.45, 2.75) is 61.9 Å². The Hall–Kier alpha value is -2.77. The number of hydrogen-bond acceptors (Lipinski definition) is 1. The first kappa shape index (κ1) is 25.3. The standard InChI is InChI=1S/C34H38S/c1-3-5-27-33(29-19-11-7-12-20-29,30-21-13-8-14-22-30)35-34(28-6-4-2,31-23-15-9-16-24-31)32-25-17-10-18-26-32/h7-26H,3-6,27-28H2,1-2H3. The first-order chi connectivity index (χ1) is 17.2. The summed E-state index contributed by atoms with van der Waals surface area (Å²) in [6.07, 6.45) is 6.95. The van der Waals surface area contributed by atoms with E-state index in [4.69, 9.17) is 0 Å². The van der Waals surface area contributed by atoms with Gasteiger partial charge in [0.05, 0.1) is 9.49 Å². The maximum absolute atomic E-state index is 2.34. The molecule has 4 aromatic rings. The molecule has 0 radical (unpaired) electrons. The lowest BCUT2D eigenvalue weighted by Gasteiger charge is -2.45. The van der Waals surface area contributed by atoms with Crippen LogP contribution < -0.4 is 0 Å². The molecule has 0 aliphatic heterocycles. The smallest absolute Gasteiger partial charge is 0.0669 e. The summed E-state index contributed by atoms with van der Waals surface area (Å²) in [5, 5.41) is 0. The van der Waals surface area contributed by atoms with Gasteiger partial charge in [0.2, 0.25) is 0 Å². The molecule has 0 aliphatic carbocycles. The van der Waals surface area contributed by atoms with Crippen LogP contribution in [0.5, 0.6) is 0 Å². The summed E-state index contributed by atoms with van der Waals surface area (Å²) < 4.78 is -0.310. The lowest BCUT2D eigenvalue weighted by molar-refractivity contribution is 0.569. The van der Waals surface area contributed by atoms with Crippen molar-refractivity contribution in [1.29, 1.82) is 0 Å². The molecule has 0 amide bonds. The molecule has 0 bridgehead atoms. The molecule has 0 fully saturated rings. The molecule has 0 saturated carbocycles. The lowest BCUT2D eigenvalue weighted by atomic mass is 9.84. The van der Waals surface area contributed by atoms with Crippen molar-refractivity contribution < 1.29 is 0 Å². The van der Waals surface area contributed by atoms with Gasteiger partial charge in [-0.25, -0.2) is 0 Å². The third-order valence-electron chi connectivity index (χ3n) is 7.07. The van der Waals surface area contributed by atoms with Gasteiger partial charge >= 0.3 is 0 Å². The highest BCUT2D eigenvalue weighted by atomic mass is 32.2. The maximum atomic E-state index is 2.34. The van der Waals surface area contributed by atoms with Gasteiger partial charge in [-0.2, -0.15) is 0 Å². The van der Waals surface area contributed by atoms with Crippen LogP contribution in [0.3, 0.4) is 0 Å². The van der Waals surface area contributed by atoms with E-state index in [1.807, 2.05) is 0 Å². The van der Waals surface area contributed by atoms with Crippen LogP contribution in [0.1, 0.15) is 74.6 Å². The molecule has 0 aromatic heterocycles. The highest BCUT2D eigenvalue weighted by molar-refractivity contribution is 8.01. The second-order valence-electron chi connectivity index (χ2n) is 9.43. The molecular weight excluding hydrogens is 440 g/mol. The molecule has 0 nitrogen and oxygen atoms in total. The van der Waals surface area contributed by atoms with E-state index in [9.17, 15) is 0 Å². The Morgan fingerprint density at radius 1 is 0.429 bits per heavy atom. The fourth-order valence-electron chi connectivity index (χ4n) is 5.23. The fourth-order valence-corrected chi connectivity index (χ4v) is 7.33. The minimum Gasteiger partial charge on any atom is -0.129 e. The zero-order valence-electron chi connectivity index (χ0n) is 21.2. The summed E-state index contributed by atoms with van der Waals surface area (Å²) in [5.41, 5.74) is 5.60. The molecule has 0 N–H and O–H groups in total. The van der Waals surface area contributed by atoms with E-state index in [1.165, 1.54) is 47.9 Å². The van der Waals surface area contributed by atoms with Gasteiger partial charge in [-0.1, -0.05) is 161 Å². The van der Waals surface area contributed by atoms with Crippen molar-refractivity contribution in [3.63, 3.8) is 0 Å². The van der Waals surface area contributed by atoms with E-state index in [2.05, 4.69) is 147 Å². The van der Waals surface area contributed by atoms with E-state index in [0.717, 1.165) is 12.8 Å². The second kappa shape index (κ2) is 12.3. The van der Waals surface area contributed by atoms with Crippen LogP contribution in [-0.2, 0) is 9.49 Å². The predicted molar refractivity (Wildman–Crippen MR) is 154 cm³/mol. The summed E-state index contributed by atoms with van der Waals surface area (Å²) in [6.45, 7) is 4.62. The van der Waals surface area contributed by atoms with E-state index >= 15 is 0 Å².